The van der Waals surface area contributed by atoms with Gasteiger partial charge < -0.3 is 9.64 Å². The van der Waals surface area contributed by atoms with Crippen molar-refractivity contribution in [1.29, 1.82) is 0 Å². The Kier molecular flexibility index (Phi) is 4.91. The molecule has 0 spiro atoms. The maximum atomic E-state index is 12.8. The molecule has 1 unspecified atom stereocenters. The molecule has 1 amide bonds. The molecular weight excluding hydrogens is 306 g/mol. The third kappa shape index (κ3) is 3.37. The summed E-state index contributed by atoms with van der Waals surface area (Å²) in [7, 11) is 1.66. The van der Waals surface area contributed by atoms with E-state index in [4.69, 9.17) is 4.74 Å². The van der Waals surface area contributed by atoms with Gasteiger partial charge in [-0.15, -0.1) is 11.8 Å². The molecule has 1 aliphatic rings. The minimum atomic E-state index is 0.136. The smallest absolute Gasteiger partial charge is 0.228 e. The van der Waals surface area contributed by atoms with Gasteiger partial charge in [0.15, 0.2) is 0 Å². The molecular formula is C19H21NO2S. The molecule has 1 heterocycles. The standard InChI is InChI=1S/C19H21NO2S/c1-3-12-20-16-6-4-5-7-17(16)23-18(13-19(20)21)14-8-10-15(22-2)11-9-14/h4-11,18H,3,12-13H2,1-2H3. The van der Waals surface area contributed by atoms with Crippen LogP contribution in [-0.4, -0.2) is 19.6 Å². The Balaban J connectivity index is 1.95. The Morgan fingerprint density at radius 2 is 1.91 bits per heavy atom. The number of fused-ring (bicyclic) bond motifs is 1. The fourth-order valence-corrected chi connectivity index (χ4v) is 4.13. The lowest BCUT2D eigenvalue weighted by molar-refractivity contribution is -0.118. The number of ether oxygens (including phenoxy) is 1. The van der Waals surface area contributed by atoms with Gasteiger partial charge in [-0.1, -0.05) is 31.2 Å². The van der Waals surface area contributed by atoms with Crippen LogP contribution in [0.15, 0.2) is 53.4 Å². The van der Waals surface area contributed by atoms with Gasteiger partial charge in [-0.25, -0.2) is 0 Å². The maximum Gasteiger partial charge on any atom is 0.228 e. The topological polar surface area (TPSA) is 29.5 Å². The summed E-state index contributed by atoms with van der Waals surface area (Å²) < 4.78 is 5.23. The SMILES string of the molecule is CCCN1C(=O)CC(c2ccc(OC)cc2)Sc2ccccc21. The Labute approximate surface area is 141 Å². The molecule has 0 aromatic heterocycles. The zero-order valence-electron chi connectivity index (χ0n) is 13.5. The average molecular weight is 327 g/mol. The number of methoxy groups -OCH3 is 1. The largest absolute Gasteiger partial charge is 0.497 e. The van der Waals surface area contributed by atoms with E-state index in [1.807, 2.05) is 35.2 Å². The van der Waals surface area contributed by atoms with Gasteiger partial charge in [0.1, 0.15) is 5.75 Å². The first kappa shape index (κ1) is 15.9. The van der Waals surface area contributed by atoms with Crippen molar-refractivity contribution in [2.45, 2.75) is 29.9 Å². The molecule has 0 aliphatic carbocycles. The summed E-state index contributed by atoms with van der Waals surface area (Å²) >= 11 is 1.77. The Hall–Kier alpha value is -1.94. The molecule has 1 aliphatic heterocycles. The molecule has 4 heteroatoms. The van der Waals surface area contributed by atoms with E-state index in [0.29, 0.717) is 6.42 Å². The fourth-order valence-electron chi connectivity index (χ4n) is 2.85. The number of rotatable bonds is 4. The molecule has 120 valence electrons. The molecule has 2 aromatic carbocycles. The van der Waals surface area contributed by atoms with Crippen LogP contribution in [0, 0.1) is 0 Å². The lowest BCUT2D eigenvalue weighted by Gasteiger charge is -2.21. The minimum absolute atomic E-state index is 0.136. The molecule has 0 bridgehead atoms. The first-order valence-electron chi connectivity index (χ1n) is 7.93. The highest BCUT2D eigenvalue weighted by atomic mass is 32.2. The molecule has 2 aromatic rings. The van der Waals surface area contributed by atoms with Crippen LogP contribution in [0.25, 0.3) is 0 Å². The van der Waals surface area contributed by atoms with Crippen molar-refractivity contribution in [3.63, 3.8) is 0 Å². The zero-order valence-corrected chi connectivity index (χ0v) is 14.3. The second-order valence-corrected chi connectivity index (χ2v) is 6.84. The Morgan fingerprint density at radius 1 is 1.17 bits per heavy atom. The number of hydrogen-bond acceptors (Lipinski definition) is 3. The maximum absolute atomic E-state index is 12.8. The van der Waals surface area contributed by atoms with Gasteiger partial charge in [-0.2, -0.15) is 0 Å². The van der Waals surface area contributed by atoms with Crippen molar-refractivity contribution in [3.8, 4) is 5.75 Å². The fraction of sp³-hybridized carbons (Fsp3) is 0.316. The van der Waals surface area contributed by atoms with E-state index in [-0.39, 0.29) is 11.2 Å². The van der Waals surface area contributed by atoms with Crippen LogP contribution >= 0.6 is 11.8 Å². The third-order valence-electron chi connectivity index (χ3n) is 4.02. The van der Waals surface area contributed by atoms with Crippen LogP contribution in [-0.2, 0) is 4.79 Å². The van der Waals surface area contributed by atoms with E-state index in [9.17, 15) is 4.79 Å². The van der Waals surface area contributed by atoms with Gasteiger partial charge in [-0.05, 0) is 36.2 Å². The zero-order chi connectivity index (χ0) is 16.2. The van der Waals surface area contributed by atoms with E-state index >= 15 is 0 Å². The second kappa shape index (κ2) is 7.09. The van der Waals surface area contributed by atoms with E-state index in [0.717, 1.165) is 30.0 Å². The van der Waals surface area contributed by atoms with E-state index < -0.39 is 0 Å². The number of anilines is 1. The number of para-hydroxylation sites is 1. The molecule has 1 atom stereocenters. The number of benzene rings is 2. The summed E-state index contributed by atoms with van der Waals surface area (Å²) in [6.07, 6.45) is 1.48. The van der Waals surface area contributed by atoms with Crippen molar-refractivity contribution >= 4 is 23.4 Å². The van der Waals surface area contributed by atoms with Gasteiger partial charge >= 0.3 is 0 Å². The third-order valence-corrected chi connectivity index (χ3v) is 5.34. The van der Waals surface area contributed by atoms with Gasteiger partial charge in [0.25, 0.3) is 0 Å². The summed E-state index contributed by atoms with van der Waals surface area (Å²) in [6.45, 7) is 2.88. The van der Waals surface area contributed by atoms with Crippen LogP contribution in [0.4, 0.5) is 5.69 Å². The summed E-state index contributed by atoms with van der Waals surface area (Å²) in [4.78, 5) is 15.9. The molecule has 3 rings (SSSR count). The highest BCUT2D eigenvalue weighted by Crippen LogP contribution is 2.45. The first-order valence-corrected chi connectivity index (χ1v) is 8.81. The quantitative estimate of drug-likeness (QED) is 0.817. The van der Waals surface area contributed by atoms with Gasteiger partial charge in [0.2, 0.25) is 5.91 Å². The molecule has 23 heavy (non-hydrogen) atoms. The van der Waals surface area contributed by atoms with Gasteiger partial charge in [-0.3, -0.25) is 4.79 Å². The number of nitrogens with zero attached hydrogens (tertiary/aromatic N) is 1. The van der Waals surface area contributed by atoms with Crippen LogP contribution in [0.1, 0.15) is 30.6 Å². The summed E-state index contributed by atoms with van der Waals surface area (Å²) in [5, 5.41) is 0.136. The van der Waals surface area contributed by atoms with Gasteiger partial charge in [0.05, 0.1) is 12.8 Å². The predicted molar refractivity (Wildman–Crippen MR) is 95.3 cm³/mol. The summed E-state index contributed by atoms with van der Waals surface area (Å²) in [6, 6.07) is 16.2. The van der Waals surface area contributed by atoms with E-state index in [2.05, 4.69) is 25.1 Å². The normalized spacial score (nSPS) is 17.6. The second-order valence-electron chi connectivity index (χ2n) is 5.60. The van der Waals surface area contributed by atoms with Crippen molar-refractivity contribution < 1.29 is 9.53 Å². The number of carbonyl (C=O) groups is 1. The van der Waals surface area contributed by atoms with Crippen molar-refractivity contribution in [2.75, 3.05) is 18.6 Å². The van der Waals surface area contributed by atoms with Crippen molar-refractivity contribution in [3.05, 3.63) is 54.1 Å². The van der Waals surface area contributed by atoms with Crippen LogP contribution in [0.3, 0.4) is 0 Å². The van der Waals surface area contributed by atoms with E-state index in [1.165, 1.54) is 4.90 Å². The molecule has 0 radical (unpaired) electrons. The van der Waals surface area contributed by atoms with Gasteiger partial charge in [0, 0.05) is 23.1 Å². The van der Waals surface area contributed by atoms with Crippen LogP contribution < -0.4 is 9.64 Å². The molecule has 0 saturated carbocycles. The average Bonchev–Trinajstić information content (AvgIpc) is 2.73. The van der Waals surface area contributed by atoms with Crippen molar-refractivity contribution in [1.82, 2.24) is 0 Å². The highest BCUT2D eigenvalue weighted by Gasteiger charge is 2.28. The molecule has 0 fully saturated rings. The number of amides is 1. The molecule has 0 saturated heterocycles. The number of hydrogen-bond donors (Lipinski definition) is 0. The van der Waals surface area contributed by atoms with Crippen LogP contribution in [0.5, 0.6) is 5.75 Å². The Morgan fingerprint density at radius 3 is 2.61 bits per heavy atom. The summed E-state index contributed by atoms with van der Waals surface area (Å²) in [5.74, 6) is 1.04. The molecule has 3 nitrogen and oxygen atoms in total. The first-order chi connectivity index (χ1) is 11.2. The highest BCUT2D eigenvalue weighted by molar-refractivity contribution is 7.99. The number of carbonyl (C=O) groups excluding carboxylic acids is 1. The number of thioether (sulfide) groups is 1. The monoisotopic (exact) mass is 327 g/mol. The Bertz CT molecular complexity index is 684. The lowest BCUT2D eigenvalue weighted by Crippen LogP contribution is -2.31. The molecule has 0 N–H and O–H groups in total. The van der Waals surface area contributed by atoms with E-state index in [1.54, 1.807) is 18.9 Å². The lowest BCUT2D eigenvalue weighted by atomic mass is 10.1. The predicted octanol–water partition coefficient (Wildman–Crippen LogP) is 4.68. The minimum Gasteiger partial charge on any atom is -0.497 e. The van der Waals surface area contributed by atoms with Crippen molar-refractivity contribution in [2.24, 2.45) is 0 Å². The van der Waals surface area contributed by atoms with Crippen LogP contribution in [0.2, 0.25) is 0 Å². The summed E-state index contributed by atoms with van der Waals surface area (Å²) in [5.41, 5.74) is 2.21.